The van der Waals surface area contributed by atoms with Crippen molar-refractivity contribution in [1.82, 2.24) is 4.98 Å². The fourth-order valence-corrected chi connectivity index (χ4v) is 2.10. The smallest absolute Gasteiger partial charge is 0.192 e. The second kappa shape index (κ2) is 4.42. The SMILES string of the molecule is Cc1[nH]c2c(C)cccc2c(=O)c1CCC#N. The molecule has 0 aliphatic carbocycles. The van der Waals surface area contributed by atoms with E-state index in [1.165, 1.54) is 0 Å². The number of fused-ring (bicyclic) bond motifs is 1. The van der Waals surface area contributed by atoms with Crippen molar-refractivity contribution in [3.63, 3.8) is 0 Å². The number of nitriles is 1. The minimum atomic E-state index is 0.0511. The first-order valence-electron chi connectivity index (χ1n) is 5.63. The van der Waals surface area contributed by atoms with E-state index in [-0.39, 0.29) is 5.43 Å². The Bertz CT molecular complexity index is 662. The summed E-state index contributed by atoms with van der Waals surface area (Å²) < 4.78 is 0. The molecule has 2 aromatic rings. The van der Waals surface area contributed by atoms with Crippen LogP contribution in [0, 0.1) is 25.2 Å². The molecule has 0 amide bonds. The van der Waals surface area contributed by atoms with Crippen LogP contribution in [0.3, 0.4) is 0 Å². The molecule has 0 aliphatic rings. The largest absolute Gasteiger partial charge is 0.358 e. The van der Waals surface area contributed by atoms with E-state index >= 15 is 0 Å². The maximum Gasteiger partial charge on any atom is 0.192 e. The van der Waals surface area contributed by atoms with Crippen molar-refractivity contribution in [2.45, 2.75) is 26.7 Å². The molecular weight excluding hydrogens is 212 g/mol. The minimum Gasteiger partial charge on any atom is -0.358 e. The van der Waals surface area contributed by atoms with Crippen molar-refractivity contribution >= 4 is 10.9 Å². The maximum atomic E-state index is 12.3. The van der Waals surface area contributed by atoms with Crippen LogP contribution in [0.5, 0.6) is 0 Å². The lowest BCUT2D eigenvalue weighted by Crippen LogP contribution is -2.13. The van der Waals surface area contributed by atoms with Crippen LogP contribution in [0.4, 0.5) is 0 Å². The maximum absolute atomic E-state index is 12.3. The molecule has 0 bridgehead atoms. The predicted molar refractivity (Wildman–Crippen MR) is 68.0 cm³/mol. The number of benzene rings is 1. The fourth-order valence-electron chi connectivity index (χ4n) is 2.10. The van der Waals surface area contributed by atoms with Gasteiger partial charge in [0.25, 0.3) is 0 Å². The minimum absolute atomic E-state index is 0.0511. The number of nitrogens with one attached hydrogen (secondary N) is 1. The van der Waals surface area contributed by atoms with Gasteiger partial charge in [0.1, 0.15) is 0 Å². The Hall–Kier alpha value is -2.08. The van der Waals surface area contributed by atoms with Crippen molar-refractivity contribution < 1.29 is 0 Å². The molecule has 0 fully saturated rings. The number of H-pyrrole nitrogens is 1. The number of para-hydroxylation sites is 1. The van der Waals surface area contributed by atoms with Crippen LogP contribution < -0.4 is 5.43 Å². The Morgan fingerprint density at radius 2 is 2.12 bits per heavy atom. The summed E-state index contributed by atoms with van der Waals surface area (Å²) in [6.07, 6.45) is 0.892. The van der Waals surface area contributed by atoms with Crippen LogP contribution in [-0.4, -0.2) is 4.98 Å². The number of pyridine rings is 1. The predicted octanol–water partition coefficient (Wildman–Crippen LogP) is 2.60. The molecule has 0 saturated heterocycles. The zero-order chi connectivity index (χ0) is 12.4. The monoisotopic (exact) mass is 226 g/mol. The number of nitrogens with zero attached hydrogens (tertiary/aromatic N) is 1. The molecule has 2 rings (SSSR count). The van der Waals surface area contributed by atoms with Crippen molar-refractivity contribution in [1.29, 1.82) is 5.26 Å². The van der Waals surface area contributed by atoms with Crippen LogP contribution in [0.15, 0.2) is 23.0 Å². The Balaban J connectivity index is 2.73. The molecule has 17 heavy (non-hydrogen) atoms. The van der Waals surface area contributed by atoms with E-state index in [0.717, 1.165) is 22.3 Å². The topological polar surface area (TPSA) is 56.6 Å². The summed E-state index contributed by atoms with van der Waals surface area (Å²) >= 11 is 0. The molecule has 0 aliphatic heterocycles. The first-order valence-corrected chi connectivity index (χ1v) is 5.63. The van der Waals surface area contributed by atoms with Gasteiger partial charge in [-0.1, -0.05) is 12.1 Å². The average molecular weight is 226 g/mol. The van der Waals surface area contributed by atoms with Crippen molar-refractivity contribution in [3.05, 3.63) is 45.2 Å². The highest BCUT2D eigenvalue weighted by molar-refractivity contribution is 5.82. The van der Waals surface area contributed by atoms with Crippen LogP contribution >= 0.6 is 0 Å². The van der Waals surface area contributed by atoms with Gasteiger partial charge in [-0.25, -0.2) is 0 Å². The molecule has 1 aromatic heterocycles. The summed E-state index contributed by atoms with van der Waals surface area (Å²) in [6.45, 7) is 3.87. The van der Waals surface area contributed by atoms with Gasteiger partial charge in [0.05, 0.1) is 11.6 Å². The van der Waals surface area contributed by atoms with Crippen LogP contribution in [-0.2, 0) is 6.42 Å². The molecule has 0 atom stereocenters. The molecule has 3 heteroatoms. The molecule has 0 unspecified atom stereocenters. The number of rotatable bonds is 2. The summed E-state index contributed by atoms with van der Waals surface area (Å²) in [6, 6.07) is 7.77. The molecule has 1 aromatic carbocycles. The molecule has 1 N–H and O–H groups in total. The number of hydrogen-bond acceptors (Lipinski definition) is 2. The summed E-state index contributed by atoms with van der Waals surface area (Å²) in [5.74, 6) is 0. The van der Waals surface area contributed by atoms with Gasteiger partial charge in [0, 0.05) is 23.1 Å². The highest BCUT2D eigenvalue weighted by Gasteiger charge is 2.09. The summed E-state index contributed by atoms with van der Waals surface area (Å²) in [5.41, 5.74) is 3.61. The molecule has 0 saturated carbocycles. The van der Waals surface area contributed by atoms with Crippen LogP contribution in [0.2, 0.25) is 0 Å². The van der Waals surface area contributed by atoms with Gasteiger partial charge < -0.3 is 4.98 Å². The van der Waals surface area contributed by atoms with E-state index < -0.39 is 0 Å². The third-order valence-electron chi connectivity index (χ3n) is 3.04. The quantitative estimate of drug-likeness (QED) is 0.855. The molecular formula is C14H14N2O. The Morgan fingerprint density at radius 1 is 1.35 bits per heavy atom. The summed E-state index contributed by atoms with van der Waals surface area (Å²) in [4.78, 5) is 15.5. The van der Waals surface area contributed by atoms with Gasteiger partial charge in [-0.15, -0.1) is 0 Å². The van der Waals surface area contributed by atoms with E-state index in [9.17, 15) is 4.79 Å². The first-order chi connectivity index (χ1) is 8.15. The number of hydrogen-bond donors (Lipinski definition) is 1. The zero-order valence-corrected chi connectivity index (χ0v) is 10.0. The third-order valence-corrected chi connectivity index (χ3v) is 3.04. The average Bonchev–Trinajstić information content (AvgIpc) is 2.31. The van der Waals surface area contributed by atoms with E-state index in [2.05, 4.69) is 11.1 Å². The molecule has 0 spiro atoms. The molecule has 1 heterocycles. The van der Waals surface area contributed by atoms with Gasteiger partial charge in [0.15, 0.2) is 5.43 Å². The van der Waals surface area contributed by atoms with Crippen LogP contribution in [0.25, 0.3) is 10.9 Å². The second-order valence-electron chi connectivity index (χ2n) is 4.21. The van der Waals surface area contributed by atoms with Gasteiger partial charge >= 0.3 is 0 Å². The number of aryl methyl sites for hydroxylation is 2. The lowest BCUT2D eigenvalue weighted by atomic mass is 10.0. The molecule has 3 nitrogen and oxygen atoms in total. The third kappa shape index (κ3) is 1.94. The highest BCUT2D eigenvalue weighted by Crippen LogP contribution is 2.15. The van der Waals surface area contributed by atoms with Crippen molar-refractivity contribution in [2.75, 3.05) is 0 Å². The lowest BCUT2D eigenvalue weighted by Gasteiger charge is -2.08. The van der Waals surface area contributed by atoms with Crippen molar-refractivity contribution in [3.8, 4) is 6.07 Å². The van der Waals surface area contributed by atoms with E-state index in [1.807, 2.05) is 32.0 Å². The standard InChI is InChI=1S/C14H14N2O/c1-9-5-3-6-12-13(9)16-10(2)11(14(12)17)7-4-8-15/h3,5-6H,4,7H2,1-2H3,(H,16,17). The lowest BCUT2D eigenvalue weighted by molar-refractivity contribution is 0.967. The summed E-state index contributed by atoms with van der Waals surface area (Å²) in [7, 11) is 0. The van der Waals surface area contributed by atoms with E-state index in [1.54, 1.807) is 0 Å². The highest BCUT2D eigenvalue weighted by atomic mass is 16.1. The summed E-state index contributed by atoms with van der Waals surface area (Å²) in [5, 5.41) is 9.32. The fraction of sp³-hybridized carbons (Fsp3) is 0.286. The Kier molecular flexibility index (Phi) is 2.97. The van der Waals surface area contributed by atoms with Gasteiger partial charge in [-0.2, -0.15) is 5.26 Å². The van der Waals surface area contributed by atoms with Gasteiger partial charge in [-0.05, 0) is 31.9 Å². The molecule has 86 valence electrons. The molecule has 0 radical (unpaired) electrons. The number of aromatic amines is 1. The van der Waals surface area contributed by atoms with Crippen LogP contribution in [0.1, 0.15) is 23.2 Å². The second-order valence-corrected chi connectivity index (χ2v) is 4.21. The van der Waals surface area contributed by atoms with Gasteiger partial charge in [-0.3, -0.25) is 4.79 Å². The van der Waals surface area contributed by atoms with E-state index in [4.69, 9.17) is 5.26 Å². The Morgan fingerprint density at radius 3 is 2.82 bits per heavy atom. The Labute approximate surface area is 99.7 Å². The van der Waals surface area contributed by atoms with Gasteiger partial charge in [0.2, 0.25) is 0 Å². The van der Waals surface area contributed by atoms with Crippen molar-refractivity contribution in [2.24, 2.45) is 0 Å². The zero-order valence-electron chi connectivity index (χ0n) is 10.0. The number of aromatic nitrogens is 1. The normalized spacial score (nSPS) is 10.4. The first kappa shape index (κ1) is 11.4. The van der Waals surface area contributed by atoms with E-state index in [0.29, 0.717) is 18.2 Å².